The van der Waals surface area contributed by atoms with Gasteiger partial charge < -0.3 is 10.2 Å². The Balaban J connectivity index is 2.24. The third kappa shape index (κ3) is 3.34. The van der Waals surface area contributed by atoms with Crippen LogP contribution in [0.5, 0.6) is 0 Å². The van der Waals surface area contributed by atoms with Gasteiger partial charge in [-0.3, -0.25) is 9.78 Å². The monoisotopic (exact) mass is 288 g/mol. The summed E-state index contributed by atoms with van der Waals surface area (Å²) in [6.07, 6.45) is 3.08. The maximum absolute atomic E-state index is 14.2. The molecule has 110 valence electrons. The molecule has 0 atom stereocenters. The minimum absolute atomic E-state index is 0.00660. The summed E-state index contributed by atoms with van der Waals surface area (Å²) in [5, 5.41) is 2.63. The number of pyridine rings is 2. The molecule has 1 N–H and O–H groups in total. The fraction of sp³-hybridized carbons (Fsp3) is 0.267. The summed E-state index contributed by atoms with van der Waals surface area (Å²) in [5.41, 5.74) is 0.767. The van der Waals surface area contributed by atoms with Gasteiger partial charge in [0.25, 0.3) is 5.91 Å². The van der Waals surface area contributed by atoms with Gasteiger partial charge in [0.15, 0.2) is 11.6 Å². The fourth-order valence-electron chi connectivity index (χ4n) is 1.97. The summed E-state index contributed by atoms with van der Waals surface area (Å²) in [7, 11) is 1.56. The van der Waals surface area contributed by atoms with Gasteiger partial charge in [-0.15, -0.1) is 0 Å². The van der Waals surface area contributed by atoms with Crippen LogP contribution in [0.25, 0.3) is 0 Å². The van der Waals surface area contributed by atoms with E-state index in [-0.39, 0.29) is 17.3 Å². The molecule has 0 aromatic carbocycles. The predicted octanol–water partition coefficient (Wildman–Crippen LogP) is 2.32. The molecule has 0 spiro atoms. The number of halogens is 1. The van der Waals surface area contributed by atoms with Crippen LogP contribution in [-0.2, 0) is 6.54 Å². The van der Waals surface area contributed by atoms with E-state index in [0.29, 0.717) is 13.1 Å². The highest BCUT2D eigenvalue weighted by molar-refractivity contribution is 5.95. The average molecular weight is 288 g/mol. The summed E-state index contributed by atoms with van der Waals surface area (Å²) < 4.78 is 14.2. The molecule has 0 fully saturated rings. The van der Waals surface area contributed by atoms with Crippen LogP contribution in [0.15, 0.2) is 36.7 Å². The van der Waals surface area contributed by atoms with Crippen molar-refractivity contribution in [2.24, 2.45) is 0 Å². The standard InChI is InChI=1S/C15H17FN4O/c1-3-20(10-11-6-4-5-8-18-11)15(21)12-7-9-19-14(17-2)13(12)16/h4-9H,3,10H2,1-2H3,(H,17,19). The lowest BCUT2D eigenvalue weighted by Gasteiger charge is -2.21. The van der Waals surface area contributed by atoms with Crippen LogP contribution in [-0.4, -0.2) is 34.4 Å². The molecule has 0 unspecified atom stereocenters. The topological polar surface area (TPSA) is 58.1 Å². The van der Waals surface area contributed by atoms with Gasteiger partial charge in [0.1, 0.15) is 0 Å². The Bertz CT molecular complexity index is 618. The van der Waals surface area contributed by atoms with Crippen LogP contribution >= 0.6 is 0 Å². The molecule has 0 aliphatic heterocycles. The van der Waals surface area contributed by atoms with Gasteiger partial charge in [-0.25, -0.2) is 9.37 Å². The maximum atomic E-state index is 14.2. The van der Waals surface area contributed by atoms with Crippen molar-refractivity contribution >= 4 is 11.7 Å². The van der Waals surface area contributed by atoms with Gasteiger partial charge >= 0.3 is 0 Å². The quantitative estimate of drug-likeness (QED) is 0.917. The lowest BCUT2D eigenvalue weighted by molar-refractivity contribution is 0.0746. The van der Waals surface area contributed by atoms with Gasteiger partial charge in [-0.2, -0.15) is 0 Å². The van der Waals surface area contributed by atoms with E-state index in [2.05, 4.69) is 15.3 Å². The minimum Gasteiger partial charge on any atom is -0.371 e. The molecule has 0 aliphatic carbocycles. The average Bonchev–Trinajstić information content (AvgIpc) is 2.53. The van der Waals surface area contributed by atoms with Crippen LogP contribution < -0.4 is 5.32 Å². The third-order valence-corrected chi connectivity index (χ3v) is 3.10. The first-order valence-electron chi connectivity index (χ1n) is 6.68. The first-order chi connectivity index (χ1) is 10.2. The number of anilines is 1. The normalized spacial score (nSPS) is 10.2. The molecule has 2 aromatic heterocycles. The lowest BCUT2D eigenvalue weighted by Crippen LogP contribution is -2.31. The van der Waals surface area contributed by atoms with E-state index in [1.54, 1.807) is 18.1 Å². The van der Waals surface area contributed by atoms with Gasteiger partial charge in [0, 0.05) is 26.0 Å². The van der Waals surface area contributed by atoms with E-state index in [1.165, 1.54) is 12.3 Å². The number of rotatable bonds is 5. The second-order valence-electron chi connectivity index (χ2n) is 4.41. The predicted molar refractivity (Wildman–Crippen MR) is 78.4 cm³/mol. The molecule has 21 heavy (non-hydrogen) atoms. The Kier molecular flexibility index (Phi) is 4.81. The van der Waals surface area contributed by atoms with Gasteiger partial charge in [-0.05, 0) is 25.1 Å². The van der Waals surface area contributed by atoms with E-state index in [0.717, 1.165) is 5.69 Å². The second-order valence-corrected chi connectivity index (χ2v) is 4.41. The van der Waals surface area contributed by atoms with Crippen molar-refractivity contribution in [1.82, 2.24) is 14.9 Å². The van der Waals surface area contributed by atoms with Crippen LogP contribution in [0.2, 0.25) is 0 Å². The minimum atomic E-state index is -0.635. The SMILES string of the molecule is CCN(Cc1ccccn1)C(=O)c1ccnc(NC)c1F. The zero-order chi connectivity index (χ0) is 15.2. The molecule has 0 bridgehead atoms. The zero-order valence-electron chi connectivity index (χ0n) is 12.0. The highest BCUT2D eigenvalue weighted by Crippen LogP contribution is 2.17. The molecular formula is C15H17FN4O. The Morgan fingerprint density at radius 3 is 2.71 bits per heavy atom. The van der Waals surface area contributed by atoms with Crippen molar-refractivity contribution in [3.8, 4) is 0 Å². The molecule has 2 rings (SSSR count). The van der Waals surface area contributed by atoms with E-state index in [1.807, 2.05) is 25.1 Å². The molecule has 0 radical (unpaired) electrons. The highest BCUT2D eigenvalue weighted by Gasteiger charge is 2.20. The van der Waals surface area contributed by atoms with Crippen molar-refractivity contribution in [3.63, 3.8) is 0 Å². The number of amides is 1. The zero-order valence-corrected chi connectivity index (χ0v) is 12.0. The van der Waals surface area contributed by atoms with Crippen LogP contribution in [0.4, 0.5) is 10.2 Å². The van der Waals surface area contributed by atoms with Crippen LogP contribution in [0.3, 0.4) is 0 Å². The molecule has 0 saturated heterocycles. The molecule has 2 heterocycles. The molecule has 0 saturated carbocycles. The van der Waals surface area contributed by atoms with E-state index >= 15 is 0 Å². The third-order valence-electron chi connectivity index (χ3n) is 3.10. The Morgan fingerprint density at radius 1 is 1.29 bits per heavy atom. The Morgan fingerprint density at radius 2 is 2.10 bits per heavy atom. The first-order valence-corrected chi connectivity index (χ1v) is 6.68. The van der Waals surface area contributed by atoms with Crippen molar-refractivity contribution in [2.75, 3.05) is 18.9 Å². The molecule has 5 nitrogen and oxygen atoms in total. The molecule has 0 aliphatic rings. The summed E-state index contributed by atoms with van der Waals surface area (Å²) in [6, 6.07) is 6.88. The second kappa shape index (κ2) is 6.78. The van der Waals surface area contributed by atoms with E-state index < -0.39 is 5.82 Å². The number of aromatic nitrogens is 2. The summed E-state index contributed by atoms with van der Waals surface area (Å²) in [5.74, 6) is -0.946. The highest BCUT2D eigenvalue weighted by atomic mass is 19.1. The fourth-order valence-corrected chi connectivity index (χ4v) is 1.97. The van der Waals surface area contributed by atoms with Gasteiger partial charge in [-0.1, -0.05) is 6.07 Å². The number of nitrogens with one attached hydrogen (secondary N) is 1. The lowest BCUT2D eigenvalue weighted by atomic mass is 10.2. The molecule has 6 heteroatoms. The first kappa shape index (κ1) is 14.9. The summed E-state index contributed by atoms with van der Waals surface area (Å²) in [6.45, 7) is 2.65. The van der Waals surface area contributed by atoms with Crippen LogP contribution in [0, 0.1) is 5.82 Å². The van der Waals surface area contributed by atoms with Crippen molar-refractivity contribution < 1.29 is 9.18 Å². The van der Waals surface area contributed by atoms with E-state index in [4.69, 9.17) is 0 Å². The summed E-state index contributed by atoms with van der Waals surface area (Å²) in [4.78, 5) is 22.0. The molecule has 2 aromatic rings. The Hall–Kier alpha value is -2.50. The van der Waals surface area contributed by atoms with Crippen molar-refractivity contribution in [3.05, 3.63) is 53.7 Å². The largest absolute Gasteiger partial charge is 0.371 e. The number of carbonyl (C=O) groups excluding carboxylic acids is 1. The van der Waals surface area contributed by atoms with Crippen molar-refractivity contribution in [2.45, 2.75) is 13.5 Å². The number of hydrogen-bond donors (Lipinski definition) is 1. The maximum Gasteiger partial charge on any atom is 0.257 e. The molecule has 1 amide bonds. The summed E-state index contributed by atoms with van der Waals surface area (Å²) >= 11 is 0. The number of nitrogens with zero attached hydrogens (tertiary/aromatic N) is 3. The van der Waals surface area contributed by atoms with Crippen molar-refractivity contribution in [1.29, 1.82) is 0 Å². The van der Waals surface area contributed by atoms with Gasteiger partial charge in [0.2, 0.25) is 0 Å². The number of carbonyl (C=O) groups is 1. The van der Waals surface area contributed by atoms with E-state index in [9.17, 15) is 9.18 Å². The smallest absolute Gasteiger partial charge is 0.257 e. The number of hydrogen-bond acceptors (Lipinski definition) is 4. The van der Waals surface area contributed by atoms with Crippen LogP contribution in [0.1, 0.15) is 23.0 Å². The van der Waals surface area contributed by atoms with Gasteiger partial charge in [0.05, 0.1) is 17.8 Å². The molecular weight excluding hydrogens is 271 g/mol. The Labute approximate surface area is 122 Å².